The number of nitrogens with zero attached hydrogens (tertiary/aromatic N) is 3. The number of ether oxygens (including phenoxy) is 1. The molecule has 6 rings (SSSR count). The van der Waals surface area contributed by atoms with Crippen molar-refractivity contribution in [3.8, 4) is 0 Å². The van der Waals surface area contributed by atoms with Crippen LogP contribution < -0.4 is 5.56 Å². The number of aliphatic hydroxyl groups is 1. The number of esters is 1. The van der Waals surface area contributed by atoms with Crippen molar-refractivity contribution in [1.29, 1.82) is 0 Å². The van der Waals surface area contributed by atoms with Crippen LogP contribution >= 0.6 is 11.3 Å². The third-order valence-corrected chi connectivity index (χ3v) is 7.51. The van der Waals surface area contributed by atoms with Crippen molar-refractivity contribution in [1.82, 2.24) is 14.6 Å². The van der Waals surface area contributed by atoms with Gasteiger partial charge in [-0.25, -0.2) is 4.98 Å². The van der Waals surface area contributed by atoms with E-state index in [9.17, 15) is 14.7 Å². The minimum absolute atomic E-state index is 0.0144. The molecule has 4 fully saturated rings. The number of fused-ring (bicyclic) bond motifs is 1. The Bertz CT molecular complexity index is 967. The highest BCUT2D eigenvalue weighted by Gasteiger charge is 2.60. The van der Waals surface area contributed by atoms with Gasteiger partial charge in [0.2, 0.25) is 4.96 Å². The van der Waals surface area contributed by atoms with Gasteiger partial charge in [-0.05, 0) is 56.8 Å². The van der Waals surface area contributed by atoms with Crippen LogP contribution in [0.3, 0.4) is 0 Å². The van der Waals surface area contributed by atoms with Gasteiger partial charge in [0, 0.05) is 6.07 Å². The summed E-state index contributed by atoms with van der Waals surface area (Å²) < 4.78 is 6.91. The number of carbonyl (C=O) groups excluding carboxylic acids is 1. The molecule has 8 heteroatoms. The van der Waals surface area contributed by atoms with Crippen LogP contribution in [0.15, 0.2) is 10.9 Å². The van der Waals surface area contributed by atoms with Crippen molar-refractivity contribution < 1.29 is 14.6 Å². The van der Waals surface area contributed by atoms with Gasteiger partial charge in [-0.15, -0.1) is 0 Å². The van der Waals surface area contributed by atoms with E-state index in [1.165, 1.54) is 21.9 Å². The van der Waals surface area contributed by atoms with Gasteiger partial charge in [0.15, 0.2) is 0 Å². The van der Waals surface area contributed by atoms with Crippen molar-refractivity contribution in [3.05, 3.63) is 27.1 Å². The smallest absolute Gasteiger partial charge is 0.312 e. The van der Waals surface area contributed by atoms with Gasteiger partial charge < -0.3 is 9.84 Å². The van der Waals surface area contributed by atoms with E-state index in [-0.39, 0.29) is 18.1 Å². The molecule has 27 heavy (non-hydrogen) atoms. The van der Waals surface area contributed by atoms with Gasteiger partial charge >= 0.3 is 5.97 Å². The van der Waals surface area contributed by atoms with Gasteiger partial charge in [-0.1, -0.05) is 18.3 Å². The van der Waals surface area contributed by atoms with Gasteiger partial charge in [-0.2, -0.15) is 9.61 Å². The molecule has 0 saturated heterocycles. The Labute approximate surface area is 160 Å². The molecule has 2 heterocycles. The molecule has 7 nitrogen and oxygen atoms in total. The zero-order valence-electron chi connectivity index (χ0n) is 15.3. The molecule has 4 bridgehead atoms. The molecule has 0 spiro atoms. The summed E-state index contributed by atoms with van der Waals surface area (Å²) in [6.07, 6.45) is 5.64. The number of rotatable bonds is 4. The van der Waals surface area contributed by atoms with Crippen LogP contribution in [0.1, 0.15) is 56.2 Å². The van der Waals surface area contributed by atoms with E-state index < -0.39 is 11.0 Å². The standard InChI is InChI=1S/C19H23N3O4S/c1-2-14-21-22-15(23)4-13(20-17(22)27-14)9-26-16(24)18-5-11-3-12(6-18)8-19(25,7-11)10-18/h4,11-12,25H,2-3,5-10H2,1H3. The lowest BCUT2D eigenvalue weighted by Gasteiger charge is -2.58. The molecule has 144 valence electrons. The van der Waals surface area contributed by atoms with E-state index in [0.29, 0.717) is 28.9 Å². The molecule has 0 radical (unpaired) electrons. The summed E-state index contributed by atoms with van der Waals surface area (Å²) in [6, 6.07) is 1.38. The highest BCUT2D eigenvalue weighted by molar-refractivity contribution is 7.16. The van der Waals surface area contributed by atoms with Crippen LogP contribution in [0.4, 0.5) is 0 Å². The molecule has 1 N–H and O–H groups in total. The van der Waals surface area contributed by atoms with Crippen molar-refractivity contribution in [2.45, 2.75) is 64.1 Å². The summed E-state index contributed by atoms with van der Waals surface area (Å²) in [7, 11) is 0. The maximum absolute atomic E-state index is 13.0. The summed E-state index contributed by atoms with van der Waals surface area (Å²) >= 11 is 1.37. The van der Waals surface area contributed by atoms with Crippen molar-refractivity contribution in [2.75, 3.05) is 0 Å². The fraction of sp³-hybridized carbons (Fsp3) is 0.684. The van der Waals surface area contributed by atoms with Gasteiger partial charge in [-0.3, -0.25) is 9.59 Å². The second kappa shape index (κ2) is 5.85. The Morgan fingerprint density at radius 3 is 2.78 bits per heavy atom. The number of hydrogen-bond donors (Lipinski definition) is 1. The quantitative estimate of drug-likeness (QED) is 0.805. The largest absolute Gasteiger partial charge is 0.459 e. The average Bonchev–Trinajstić information content (AvgIpc) is 3.01. The SMILES string of the molecule is CCc1nn2c(=O)cc(COC(=O)C34CC5CC(CC(O)(C5)C3)C4)nc2s1. The Hall–Kier alpha value is -1.80. The highest BCUT2D eigenvalue weighted by atomic mass is 32.1. The molecule has 4 aliphatic rings. The summed E-state index contributed by atoms with van der Waals surface area (Å²) in [5, 5.41) is 15.9. The topological polar surface area (TPSA) is 93.8 Å². The van der Waals surface area contributed by atoms with Crippen LogP contribution in [0.25, 0.3) is 4.96 Å². The average molecular weight is 389 g/mol. The first-order chi connectivity index (χ1) is 12.9. The van der Waals surface area contributed by atoms with Crippen molar-refractivity contribution in [3.63, 3.8) is 0 Å². The first-order valence-corrected chi connectivity index (χ1v) is 10.5. The minimum atomic E-state index is -0.696. The Kier molecular flexibility index (Phi) is 3.75. The summed E-state index contributed by atoms with van der Waals surface area (Å²) in [5.74, 6) is 0.607. The molecule has 0 aliphatic heterocycles. The Morgan fingerprint density at radius 1 is 1.37 bits per heavy atom. The van der Waals surface area contributed by atoms with Crippen LogP contribution in [0, 0.1) is 17.3 Å². The lowest BCUT2D eigenvalue weighted by molar-refractivity contribution is -0.197. The molecular formula is C19H23N3O4S. The van der Waals surface area contributed by atoms with E-state index in [1.54, 1.807) is 0 Å². The van der Waals surface area contributed by atoms with E-state index in [0.717, 1.165) is 43.5 Å². The van der Waals surface area contributed by atoms with Gasteiger partial charge in [0.25, 0.3) is 5.56 Å². The maximum Gasteiger partial charge on any atom is 0.312 e. The molecule has 2 aromatic rings. The van der Waals surface area contributed by atoms with Crippen molar-refractivity contribution in [2.24, 2.45) is 17.3 Å². The zero-order chi connectivity index (χ0) is 18.8. The number of aromatic nitrogens is 3. The second-order valence-corrected chi connectivity index (χ2v) is 9.71. The molecular weight excluding hydrogens is 366 g/mol. The fourth-order valence-corrected chi connectivity index (χ4v) is 6.72. The Morgan fingerprint density at radius 2 is 2.11 bits per heavy atom. The van der Waals surface area contributed by atoms with E-state index in [1.807, 2.05) is 6.92 Å². The zero-order valence-corrected chi connectivity index (χ0v) is 16.1. The normalized spacial score (nSPS) is 34.3. The minimum Gasteiger partial charge on any atom is -0.459 e. The monoisotopic (exact) mass is 389 g/mol. The number of hydrogen-bond acceptors (Lipinski definition) is 7. The molecule has 2 aromatic heterocycles. The molecule has 2 atom stereocenters. The summed E-state index contributed by atoms with van der Waals surface area (Å²) in [6.45, 7) is 1.96. The lowest BCUT2D eigenvalue weighted by atomic mass is 9.48. The summed E-state index contributed by atoms with van der Waals surface area (Å²) in [5.41, 5.74) is -1.06. The van der Waals surface area contributed by atoms with Crippen LogP contribution in [0.5, 0.6) is 0 Å². The third-order valence-electron chi connectivity index (χ3n) is 6.46. The van der Waals surface area contributed by atoms with E-state index in [4.69, 9.17) is 4.74 Å². The molecule has 0 aromatic carbocycles. The first-order valence-electron chi connectivity index (χ1n) is 9.66. The highest BCUT2D eigenvalue weighted by Crippen LogP contribution is 2.62. The van der Waals surface area contributed by atoms with Crippen LogP contribution in [-0.2, 0) is 22.6 Å². The van der Waals surface area contributed by atoms with Crippen molar-refractivity contribution >= 4 is 22.3 Å². The second-order valence-electron chi connectivity index (χ2n) is 8.67. The summed E-state index contributed by atoms with van der Waals surface area (Å²) in [4.78, 5) is 30.1. The fourth-order valence-electron chi connectivity index (χ4n) is 5.86. The van der Waals surface area contributed by atoms with E-state index in [2.05, 4.69) is 10.1 Å². The maximum atomic E-state index is 13.0. The predicted octanol–water partition coefficient (Wildman–Crippen LogP) is 2.09. The van der Waals surface area contributed by atoms with E-state index >= 15 is 0 Å². The third kappa shape index (κ3) is 2.81. The molecule has 4 aliphatic carbocycles. The number of carbonyl (C=O) groups is 1. The lowest BCUT2D eigenvalue weighted by Crippen LogP contribution is -2.58. The first kappa shape index (κ1) is 17.3. The predicted molar refractivity (Wildman–Crippen MR) is 98.4 cm³/mol. The van der Waals surface area contributed by atoms with Crippen LogP contribution in [0.2, 0.25) is 0 Å². The number of aryl methyl sites for hydroxylation is 1. The molecule has 2 unspecified atom stereocenters. The Balaban J connectivity index is 1.35. The molecule has 4 saturated carbocycles. The van der Waals surface area contributed by atoms with Gasteiger partial charge in [0.1, 0.15) is 11.6 Å². The van der Waals surface area contributed by atoms with Crippen LogP contribution in [-0.4, -0.2) is 31.3 Å². The van der Waals surface area contributed by atoms with Gasteiger partial charge in [0.05, 0.1) is 16.7 Å². The molecule has 0 amide bonds.